The van der Waals surface area contributed by atoms with Crippen LogP contribution in [0.25, 0.3) is 11.0 Å². The first-order valence-corrected chi connectivity index (χ1v) is 6.21. The number of para-hydroxylation sites is 1. The van der Waals surface area contributed by atoms with Gasteiger partial charge in [0.25, 0.3) is 0 Å². The van der Waals surface area contributed by atoms with Crippen molar-refractivity contribution in [3.05, 3.63) is 35.6 Å². The number of hydrogen-bond donors (Lipinski definition) is 1. The normalized spacial score (nSPS) is 14.2. The van der Waals surface area contributed by atoms with Crippen molar-refractivity contribution < 1.29 is 4.42 Å². The lowest BCUT2D eigenvalue weighted by Crippen LogP contribution is -2.26. The molecule has 0 spiro atoms. The van der Waals surface area contributed by atoms with Crippen LogP contribution in [0.3, 0.4) is 0 Å². The summed E-state index contributed by atoms with van der Waals surface area (Å²) in [6.07, 6.45) is 0.883. The zero-order valence-corrected chi connectivity index (χ0v) is 11.1. The molecule has 1 aromatic carbocycles. The summed E-state index contributed by atoms with van der Waals surface area (Å²) in [5.74, 6) is 1.02. The minimum Gasteiger partial charge on any atom is -0.461 e. The van der Waals surface area contributed by atoms with Crippen molar-refractivity contribution in [2.24, 2.45) is 11.1 Å². The van der Waals surface area contributed by atoms with Crippen molar-refractivity contribution in [1.82, 2.24) is 0 Å². The van der Waals surface area contributed by atoms with Gasteiger partial charge in [-0.3, -0.25) is 0 Å². The van der Waals surface area contributed by atoms with E-state index in [0.717, 1.165) is 23.2 Å². The Bertz CT molecular complexity index is 519. The van der Waals surface area contributed by atoms with Gasteiger partial charge in [0, 0.05) is 23.4 Å². The molecule has 0 saturated carbocycles. The molecule has 0 bridgehead atoms. The van der Waals surface area contributed by atoms with Gasteiger partial charge in [0.2, 0.25) is 0 Å². The summed E-state index contributed by atoms with van der Waals surface area (Å²) in [5.41, 5.74) is 8.56. The monoisotopic (exact) mass is 231 g/mol. The molecule has 92 valence electrons. The maximum atomic E-state index is 6.40. The molecule has 1 aromatic heterocycles. The number of aryl methyl sites for hydroxylation is 1. The maximum absolute atomic E-state index is 6.40. The predicted molar refractivity (Wildman–Crippen MR) is 72.0 cm³/mol. The van der Waals surface area contributed by atoms with Crippen LogP contribution in [0.2, 0.25) is 0 Å². The summed E-state index contributed by atoms with van der Waals surface area (Å²) in [4.78, 5) is 0. The van der Waals surface area contributed by atoms with Crippen LogP contribution in [0.5, 0.6) is 0 Å². The van der Waals surface area contributed by atoms with E-state index in [4.69, 9.17) is 10.2 Å². The molecule has 0 aliphatic rings. The summed E-state index contributed by atoms with van der Waals surface area (Å²) in [7, 11) is 0. The molecule has 17 heavy (non-hydrogen) atoms. The molecule has 0 aliphatic heterocycles. The highest BCUT2D eigenvalue weighted by Crippen LogP contribution is 2.38. The standard InChI is InChI=1S/C15H21NO/c1-5-11-13(14(16)15(2,3)4)10-8-6-7-9-12(10)17-11/h6-9,14H,5,16H2,1-4H3. The number of rotatable bonds is 2. The van der Waals surface area contributed by atoms with Crippen molar-refractivity contribution in [1.29, 1.82) is 0 Å². The van der Waals surface area contributed by atoms with Crippen LogP contribution < -0.4 is 5.73 Å². The predicted octanol–water partition coefficient (Wildman–Crippen LogP) is 4.04. The van der Waals surface area contributed by atoms with Gasteiger partial charge in [-0.1, -0.05) is 45.9 Å². The molecule has 2 aromatic rings. The summed E-state index contributed by atoms with van der Waals surface area (Å²) >= 11 is 0. The van der Waals surface area contributed by atoms with Crippen LogP contribution in [0.1, 0.15) is 45.1 Å². The smallest absolute Gasteiger partial charge is 0.134 e. The van der Waals surface area contributed by atoms with E-state index >= 15 is 0 Å². The van der Waals surface area contributed by atoms with Gasteiger partial charge in [-0.2, -0.15) is 0 Å². The van der Waals surface area contributed by atoms with Gasteiger partial charge in [-0.05, 0) is 11.5 Å². The van der Waals surface area contributed by atoms with E-state index in [9.17, 15) is 0 Å². The lowest BCUT2D eigenvalue weighted by molar-refractivity contribution is 0.323. The molecule has 2 rings (SSSR count). The fourth-order valence-electron chi connectivity index (χ4n) is 2.15. The van der Waals surface area contributed by atoms with Crippen molar-refractivity contribution in [2.45, 2.75) is 40.2 Å². The minimum absolute atomic E-state index is 0.00102. The zero-order valence-electron chi connectivity index (χ0n) is 11.1. The van der Waals surface area contributed by atoms with Crippen LogP contribution in [-0.2, 0) is 6.42 Å². The molecule has 1 unspecified atom stereocenters. The zero-order chi connectivity index (χ0) is 12.6. The molecular formula is C15H21NO. The van der Waals surface area contributed by atoms with Gasteiger partial charge in [0.1, 0.15) is 11.3 Å². The molecule has 2 N–H and O–H groups in total. The molecule has 0 amide bonds. The first kappa shape index (κ1) is 12.2. The van der Waals surface area contributed by atoms with Crippen molar-refractivity contribution in [3.63, 3.8) is 0 Å². The second-order valence-corrected chi connectivity index (χ2v) is 5.63. The summed E-state index contributed by atoms with van der Waals surface area (Å²) in [6.45, 7) is 8.60. The Kier molecular flexibility index (Phi) is 3.00. The molecule has 1 atom stereocenters. The van der Waals surface area contributed by atoms with Gasteiger partial charge < -0.3 is 10.2 Å². The Hall–Kier alpha value is -1.28. The average Bonchev–Trinajstić information content (AvgIpc) is 2.64. The number of nitrogens with two attached hydrogens (primary N) is 1. The SMILES string of the molecule is CCc1oc2ccccc2c1C(N)C(C)(C)C. The van der Waals surface area contributed by atoms with Gasteiger partial charge in [0.05, 0.1) is 0 Å². The molecule has 0 radical (unpaired) electrons. The largest absolute Gasteiger partial charge is 0.461 e. The average molecular weight is 231 g/mol. The third-order valence-electron chi connectivity index (χ3n) is 3.28. The van der Waals surface area contributed by atoms with Crippen molar-refractivity contribution in [2.75, 3.05) is 0 Å². The van der Waals surface area contributed by atoms with Crippen LogP contribution >= 0.6 is 0 Å². The molecule has 0 saturated heterocycles. The lowest BCUT2D eigenvalue weighted by atomic mass is 9.81. The van der Waals surface area contributed by atoms with Gasteiger partial charge in [0.15, 0.2) is 0 Å². The van der Waals surface area contributed by atoms with Gasteiger partial charge in [-0.15, -0.1) is 0 Å². The van der Waals surface area contributed by atoms with E-state index < -0.39 is 0 Å². The maximum Gasteiger partial charge on any atom is 0.134 e. The summed E-state index contributed by atoms with van der Waals surface area (Å²) in [6, 6.07) is 8.14. The summed E-state index contributed by atoms with van der Waals surface area (Å²) in [5, 5.41) is 1.16. The highest BCUT2D eigenvalue weighted by molar-refractivity contribution is 5.82. The van der Waals surface area contributed by atoms with E-state index in [1.807, 2.05) is 18.2 Å². The van der Waals surface area contributed by atoms with E-state index in [0.29, 0.717) is 0 Å². The third-order valence-corrected chi connectivity index (χ3v) is 3.28. The first-order chi connectivity index (χ1) is 7.95. The van der Waals surface area contributed by atoms with E-state index in [1.54, 1.807) is 0 Å². The number of hydrogen-bond acceptors (Lipinski definition) is 2. The van der Waals surface area contributed by atoms with Crippen LogP contribution in [0.15, 0.2) is 28.7 Å². The quantitative estimate of drug-likeness (QED) is 0.847. The number of fused-ring (bicyclic) bond motifs is 1. The molecule has 0 aliphatic carbocycles. The highest BCUT2D eigenvalue weighted by atomic mass is 16.3. The minimum atomic E-state index is 0.00102. The van der Waals surface area contributed by atoms with E-state index in [-0.39, 0.29) is 11.5 Å². The van der Waals surface area contributed by atoms with E-state index in [2.05, 4.69) is 33.8 Å². The lowest BCUT2D eigenvalue weighted by Gasteiger charge is -2.27. The molecule has 1 heterocycles. The highest BCUT2D eigenvalue weighted by Gasteiger charge is 2.28. The molecule has 2 nitrogen and oxygen atoms in total. The number of benzene rings is 1. The Labute approximate surface area is 103 Å². The summed E-state index contributed by atoms with van der Waals surface area (Å²) < 4.78 is 5.88. The van der Waals surface area contributed by atoms with E-state index in [1.165, 1.54) is 5.56 Å². The molecule has 0 fully saturated rings. The Morgan fingerprint density at radius 1 is 1.24 bits per heavy atom. The fraction of sp³-hybridized carbons (Fsp3) is 0.467. The fourth-order valence-corrected chi connectivity index (χ4v) is 2.15. The van der Waals surface area contributed by atoms with Crippen molar-refractivity contribution >= 4 is 11.0 Å². The second kappa shape index (κ2) is 4.19. The van der Waals surface area contributed by atoms with Crippen LogP contribution in [-0.4, -0.2) is 0 Å². The molecule has 2 heteroatoms. The van der Waals surface area contributed by atoms with Crippen molar-refractivity contribution in [3.8, 4) is 0 Å². The molecular weight excluding hydrogens is 210 g/mol. The topological polar surface area (TPSA) is 39.2 Å². The Balaban J connectivity index is 2.66. The second-order valence-electron chi connectivity index (χ2n) is 5.63. The number of furan rings is 1. The van der Waals surface area contributed by atoms with Crippen LogP contribution in [0, 0.1) is 5.41 Å². The third kappa shape index (κ3) is 2.09. The Morgan fingerprint density at radius 3 is 2.47 bits per heavy atom. The van der Waals surface area contributed by atoms with Gasteiger partial charge >= 0.3 is 0 Å². The Morgan fingerprint density at radius 2 is 1.88 bits per heavy atom. The van der Waals surface area contributed by atoms with Crippen LogP contribution in [0.4, 0.5) is 0 Å². The first-order valence-electron chi connectivity index (χ1n) is 6.21. The van der Waals surface area contributed by atoms with Gasteiger partial charge in [-0.25, -0.2) is 0 Å².